The van der Waals surface area contributed by atoms with Crippen LogP contribution in [0.25, 0.3) is 0 Å². The van der Waals surface area contributed by atoms with Crippen LogP contribution in [0.15, 0.2) is 0 Å². The average molecular weight is 432 g/mol. The van der Waals surface area contributed by atoms with Gasteiger partial charge in [-0.3, -0.25) is 4.79 Å². The Morgan fingerprint density at radius 2 is 1.70 bits per heavy atom. The van der Waals surface area contributed by atoms with Crippen LogP contribution in [-0.4, -0.2) is 26.0 Å². The Hall–Kier alpha value is -0.863. The summed E-state index contributed by atoms with van der Waals surface area (Å²) in [4.78, 5) is 11.5. The lowest BCUT2D eigenvalue weighted by atomic mass is 9.44. The molecule has 8 atom stereocenters. The molecule has 30 heavy (non-hydrogen) atoms. The van der Waals surface area contributed by atoms with Gasteiger partial charge in [0, 0.05) is 12.3 Å². The Kier molecular flexibility index (Phi) is 5.46. The molecule has 4 aliphatic carbocycles. The normalized spacial score (nSPS) is 48.1. The number of nitrogens with zero attached hydrogens (tertiary/aromatic N) is 1. The molecular formula is C25H41NO3Si. The molecule has 4 fully saturated rings. The summed E-state index contributed by atoms with van der Waals surface area (Å²) in [6.07, 6.45) is 10.3. The van der Waals surface area contributed by atoms with Gasteiger partial charge < -0.3 is 9.16 Å². The number of esters is 1. The fraction of sp³-hybridized carbons (Fsp3) is 0.920. The molecule has 0 bridgehead atoms. The predicted molar refractivity (Wildman–Crippen MR) is 120 cm³/mol. The molecule has 0 radical (unpaired) electrons. The van der Waals surface area contributed by atoms with Crippen molar-refractivity contribution in [1.29, 1.82) is 5.26 Å². The van der Waals surface area contributed by atoms with Crippen molar-refractivity contribution in [3.05, 3.63) is 0 Å². The minimum atomic E-state index is -1.81. The molecule has 0 saturated heterocycles. The van der Waals surface area contributed by atoms with Crippen LogP contribution in [0.5, 0.6) is 0 Å². The largest absolute Gasteiger partial charge is 0.463 e. The molecule has 4 rings (SSSR count). The molecule has 4 aliphatic rings. The third-order valence-corrected chi connectivity index (χ3v) is 10.7. The molecule has 0 amide bonds. The molecule has 168 valence electrons. The lowest BCUT2D eigenvalue weighted by molar-refractivity contribution is -0.163. The highest BCUT2D eigenvalue weighted by atomic mass is 28.4. The van der Waals surface area contributed by atoms with Crippen LogP contribution >= 0.6 is 0 Å². The average Bonchev–Trinajstić information content (AvgIpc) is 2.93. The molecule has 4 nitrogen and oxygen atoms in total. The summed E-state index contributed by atoms with van der Waals surface area (Å²) in [6, 6.07) is 2.72. The second kappa shape index (κ2) is 7.34. The summed E-state index contributed by atoms with van der Waals surface area (Å²) < 4.78 is 12.3. The first-order valence-electron chi connectivity index (χ1n) is 12.2. The molecule has 4 saturated carbocycles. The molecule has 5 heteroatoms. The van der Waals surface area contributed by atoms with E-state index in [-0.39, 0.29) is 17.5 Å². The van der Waals surface area contributed by atoms with Crippen molar-refractivity contribution in [3.63, 3.8) is 0 Å². The number of ether oxygens (including phenoxy) is 1. The third kappa shape index (κ3) is 3.37. The van der Waals surface area contributed by atoms with Crippen LogP contribution in [0, 0.1) is 45.8 Å². The Morgan fingerprint density at radius 3 is 2.33 bits per heavy atom. The van der Waals surface area contributed by atoms with E-state index in [1.165, 1.54) is 32.6 Å². The van der Waals surface area contributed by atoms with Gasteiger partial charge in [0.2, 0.25) is 0 Å². The van der Waals surface area contributed by atoms with Gasteiger partial charge in [-0.2, -0.15) is 5.26 Å². The quantitative estimate of drug-likeness (QED) is 0.402. The summed E-state index contributed by atoms with van der Waals surface area (Å²) in [5, 5.41) is 10.3. The monoisotopic (exact) mass is 431 g/mol. The van der Waals surface area contributed by atoms with Crippen LogP contribution in [0.2, 0.25) is 19.6 Å². The number of carbonyl (C=O) groups is 1. The molecule has 0 aromatic rings. The number of hydrogen-bond acceptors (Lipinski definition) is 4. The van der Waals surface area contributed by atoms with Crippen molar-refractivity contribution in [2.45, 2.75) is 110 Å². The van der Waals surface area contributed by atoms with Gasteiger partial charge in [-0.15, -0.1) is 0 Å². The lowest BCUT2D eigenvalue weighted by Crippen LogP contribution is -2.58. The summed E-state index contributed by atoms with van der Waals surface area (Å²) >= 11 is 0. The summed E-state index contributed by atoms with van der Waals surface area (Å²) in [5.41, 5.74) is -0.238. The topological polar surface area (TPSA) is 59.3 Å². The van der Waals surface area contributed by atoms with Crippen molar-refractivity contribution in [1.82, 2.24) is 0 Å². The molecule has 0 aromatic heterocycles. The minimum Gasteiger partial charge on any atom is -0.463 e. The van der Waals surface area contributed by atoms with Crippen LogP contribution in [0.4, 0.5) is 0 Å². The first-order chi connectivity index (χ1) is 13.9. The number of carbonyl (C=O) groups excluding carboxylic acids is 1. The molecular weight excluding hydrogens is 390 g/mol. The van der Waals surface area contributed by atoms with Crippen molar-refractivity contribution >= 4 is 14.3 Å². The maximum atomic E-state index is 11.5. The maximum absolute atomic E-state index is 11.5. The van der Waals surface area contributed by atoms with Gasteiger partial charge in [0.05, 0.1) is 6.07 Å². The first-order valence-corrected chi connectivity index (χ1v) is 15.6. The Labute approximate surface area is 184 Å². The van der Waals surface area contributed by atoms with Crippen LogP contribution in [0.3, 0.4) is 0 Å². The van der Waals surface area contributed by atoms with E-state index in [1.54, 1.807) is 0 Å². The van der Waals surface area contributed by atoms with Gasteiger partial charge >= 0.3 is 5.97 Å². The highest BCUT2D eigenvalue weighted by Crippen LogP contribution is 2.69. The second-order valence-corrected chi connectivity index (χ2v) is 16.7. The highest BCUT2D eigenvalue weighted by molar-refractivity contribution is 6.69. The van der Waals surface area contributed by atoms with Gasteiger partial charge in [-0.05, 0) is 107 Å². The van der Waals surface area contributed by atoms with E-state index in [9.17, 15) is 10.1 Å². The van der Waals surface area contributed by atoms with E-state index in [2.05, 4.69) is 39.6 Å². The fourth-order valence-electron chi connectivity index (χ4n) is 8.46. The molecule has 0 aromatic carbocycles. The first kappa shape index (κ1) is 22.3. The van der Waals surface area contributed by atoms with E-state index >= 15 is 0 Å². The zero-order valence-corrected chi connectivity index (χ0v) is 20.9. The Morgan fingerprint density at radius 1 is 1.00 bits per heavy atom. The fourth-order valence-corrected chi connectivity index (χ4v) is 9.88. The van der Waals surface area contributed by atoms with E-state index in [0.29, 0.717) is 17.3 Å². The zero-order valence-electron chi connectivity index (χ0n) is 19.9. The highest BCUT2D eigenvalue weighted by Gasteiger charge is 2.66. The summed E-state index contributed by atoms with van der Waals surface area (Å²) in [7, 11) is -1.81. The van der Waals surface area contributed by atoms with Crippen molar-refractivity contribution in [2.24, 2.45) is 34.5 Å². The van der Waals surface area contributed by atoms with E-state index in [1.807, 2.05) is 0 Å². The van der Waals surface area contributed by atoms with Gasteiger partial charge in [0.25, 0.3) is 0 Å². The number of rotatable bonds is 3. The molecule has 0 unspecified atom stereocenters. The van der Waals surface area contributed by atoms with Crippen LogP contribution in [-0.2, 0) is 14.0 Å². The maximum Gasteiger partial charge on any atom is 0.302 e. The second-order valence-electron chi connectivity index (χ2n) is 12.3. The van der Waals surface area contributed by atoms with Gasteiger partial charge in [0.1, 0.15) is 11.7 Å². The van der Waals surface area contributed by atoms with Gasteiger partial charge in [-0.25, -0.2) is 0 Å². The van der Waals surface area contributed by atoms with Crippen molar-refractivity contribution in [2.75, 3.05) is 0 Å². The predicted octanol–water partition coefficient (Wildman–Crippen LogP) is 6.07. The smallest absolute Gasteiger partial charge is 0.302 e. The van der Waals surface area contributed by atoms with E-state index < -0.39 is 13.9 Å². The minimum absolute atomic E-state index is 0.0126. The van der Waals surface area contributed by atoms with Gasteiger partial charge in [0.15, 0.2) is 8.32 Å². The van der Waals surface area contributed by atoms with E-state index in [0.717, 1.165) is 43.9 Å². The number of nitriles is 1. The van der Waals surface area contributed by atoms with Crippen molar-refractivity contribution < 1.29 is 14.0 Å². The molecule has 0 N–H and O–H groups in total. The van der Waals surface area contributed by atoms with E-state index in [4.69, 9.17) is 9.16 Å². The zero-order chi connectivity index (χ0) is 21.9. The third-order valence-electron chi connectivity index (χ3n) is 9.73. The number of fused-ring (bicyclic) bond motifs is 5. The SMILES string of the molecule is CC(=O)O[C@@H]1CC[C@@]2(C)[C@H](CC[C@@H]3[C@@H]2CC[C@@]2(C)[C@H]3CC[C@@]2(C#N)O[Si](C)(C)C)C1. The summed E-state index contributed by atoms with van der Waals surface area (Å²) in [5.74, 6) is 2.61. The lowest BCUT2D eigenvalue weighted by Gasteiger charge is -2.61. The number of hydrogen-bond donors (Lipinski definition) is 0. The summed E-state index contributed by atoms with van der Waals surface area (Å²) in [6.45, 7) is 13.1. The Balaban J connectivity index is 1.57. The van der Waals surface area contributed by atoms with Crippen LogP contribution in [0.1, 0.15) is 78.6 Å². The van der Waals surface area contributed by atoms with Gasteiger partial charge in [-0.1, -0.05) is 13.8 Å². The van der Waals surface area contributed by atoms with Crippen LogP contribution < -0.4 is 0 Å². The Bertz CT molecular complexity index is 742. The van der Waals surface area contributed by atoms with Crippen molar-refractivity contribution in [3.8, 4) is 6.07 Å². The molecule has 0 aliphatic heterocycles. The molecule has 0 spiro atoms. The molecule has 0 heterocycles. The standard InChI is InChI=1S/C25H41NO3Si/c1-17(27)28-19-9-12-23(2)18(15-19)7-8-20-21(23)10-13-24(3)22(20)11-14-25(24,16-26)29-30(4,5)6/h18-22H,7-15H2,1-6H3/t18-,19-,20-,21+,22+,23+,24+,25+/m1/s1.